The maximum atomic E-state index is 13.3. The number of aliphatic hydroxyl groups is 1. The first-order chi connectivity index (χ1) is 24.1. The highest BCUT2D eigenvalue weighted by atomic mass is 35.5. The number of benzene rings is 2. The molecule has 0 radical (unpaired) electrons. The van der Waals surface area contributed by atoms with Gasteiger partial charge in [-0.3, -0.25) is 14.0 Å². The highest BCUT2D eigenvalue weighted by Crippen LogP contribution is 2.42. The minimum Gasteiger partial charge on any atom is -0.481 e. The molecule has 4 heterocycles. The molecule has 7 rings (SSSR count). The van der Waals surface area contributed by atoms with Gasteiger partial charge in [0, 0.05) is 83.9 Å². The van der Waals surface area contributed by atoms with E-state index in [9.17, 15) is 14.7 Å². The van der Waals surface area contributed by atoms with Gasteiger partial charge in [0.25, 0.3) is 5.56 Å². The molecule has 2 aromatic carbocycles. The van der Waals surface area contributed by atoms with Crippen molar-refractivity contribution < 1.29 is 14.6 Å². The molecule has 2 fully saturated rings. The van der Waals surface area contributed by atoms with Gasteiger partial charge in [-0.15, -0.1) is 0 Å². The maximum Gasteiger partial charge on any atom is 0.262 e. The van der Waals surface area contributed by atoms with Crippen LogP contribution in [-0.4, -0.2) is 56.7 Å². The number of hydrogen-bond donors (Lipinski definition) is 4. The Balaban J connectivity index is 1.12. The molecule has 50 heavy (non-hydrogen) atoms. The smallest absolute Gasteiger partial charge is 0.262 e. The molecule has 258 valence electrons. The minimum atomic E-state index is -0.595. The number of methoxy groups -OCH3 is 1. The molecule has 4 N–H and O–H groups in total. The number of carbonyl (C=O) groups is 1. The van der Waals surface area contributed by atoms with Crippen LogP contribution in [0.3, 0.4) is 0 Å². The van der Waals surface area contributed by atoms with Crippen LogP contribution in [0.15, 0.2) is 77.9 Å². The molecule has 10 nitrogen and oxygen atoms in total. The van der Waals surface area contributed by atoms with Gasteiger partial charge < -0.3 is 25.8 Å². The van der Waals surface area contributed by atoms with E-state index in [1.54, 1.807) is 19.5 Å². The van der Waals surface area contributed by atoms with Crippen molar-refractivity contribution in [3.8, 4) is 39.4 Å². The molecule has 0 spiro atoms. The summed E-state index contributed by atoms with van der Waals surface area (Å²) in [7, 11) is 1.60. The molecular weight excluding hydrogens is 675 g/mol. The zero-order valence-corrected chi connectivity index (χ0v) is 29.3. The molecule has 5 aromatic rings. The first-order valence-electron chi connectivity index (χ1n) is 16.7. The fraction of sp³-hybridized carbons (Fsp3) is 0.316. The molecule has 0 unspecified atom stereocenters. The summed E-state index contributed by atoms with van der Waals surface area (Å²) >= 11 is 14.2. The average molecular weight is 714 g/mol. The molecule has 1 aliphatic carbocycles. The number of hydrogen-bond acceptors (Lipinski definition) is 8. The van der Waals surface area contributed by atoms with Gasteiger partial charge in [-0.05, 0) is 49.9 Å². The van der Waals surface area contributed by atoms with E-state index in [1.165, 1.54) is 4.40 Å². The molecule has 1 atom stereocenters. The van der Waals surface area contributed by atoms with E-state index < -0.39 is 5.60 Å². The first kappa shape index (κ1) is 34.1. The molecule has 0 bridgehead atoms. The van der Waals surface area contributed by atoms with E-state index in [0.717, 1.165) is 39.8 Å². The second-order valence-electron chi connectivity index (χ2n) is 13.3. The predicted octanol–water partition coefficient (Wildman–Crippen LogP) is 5.78. The second-order valence-corrected chi connectivity index (χ2v) is 14.1. The Morgan fingerprint density at radius 3 is 2.40 bits per heavy atom. The maximum absolute atomic E-state index is 13.3. The Hall–Kier alpha value is -4.32. The number of aromatic nitrogens is 3. The Bertz CT molecular complexity index is 2140. The van der Waals surface area contributed by atoms with Gasteiger partial charge in [0.05, 0.1) is 28.5 Å². The van der Waals surface area contributed by atoms with Crippen molar-refractivity contribution in [3.63, 3.8) is 0 Å². The normalized spacial score (nSPS) is 20.1. The van der Waals surface area contributed by atoms with E-state index in [1.807, 2.05) is 67.6 Å². The largest absolute Gasteiger partial charge is 0.481 e. The van der Waals surface area contributed by atoms with Crippen LogP contribution in [0.2, 0.25) is 10.0 Å². The van der Waals surface area contributed by atoms with Crippen molar-refractivity contribution in [3.05, 3.63) is 105 Å². The molecular formula is C38H38Cl2N6O4. The fourth-order valence-electron chi connectivity index (χ4n) is 6.85. The van der Waals surface area contributed by atoms with Crippen LogP contribution in [0.25, 0.3) is 39.2 Å². The summed E-state index contributed by atoms with van der Waals surface area (Å²) in [6.07, 6.45) is 6.07. The number of nitrogens with zero attached hydrogens (tertiary/aromatic N) is 3. The monoisotopic (exact) mass is 712 g/mol. The zero-order valence-electron chi connectivity index (χ0n) is 27.8. The van der Waals surface area contributed by atoms with Crippen LogP contribution >= 0.6 is 23.2 Å². The summed E-state index contributed by atoms with van der Waals surface area (Å²) in [5.74, 6) is 0.571. The summed E-state index contributed by atoms with van der Waals surface area (Å²) in [5, 5.41) is 20.7. The van der Waals surface area contributed by atoms with Crippen molar-refractivity contribution in [2.45, 2.75) is 63.4 Å². The van der Waals surface area contributed by atoms with Gasteiger partial charge in [0.1, 0.15) is 5.65 Å². The summed E-state index contributed by atoms with van der Waals surface area (Å²) in [4.78, 5) is 34.1. The molecule has 1 saturated carbocycles. The van der Waals surface area contributed by atoms with E-state index in [0.29, 0.717) is 71.7 Å². The van der Waals surface area contributed by atoms with Crippen molar-refractivity contribution in [1.82, 2.24) is 30.3 Å². The van der Waals surface area contributed by atoms with Crippen LogP contribution in [0, 0.1) is 0 Å². The van der Waals surface area contributed by atoms with Gasteiger partial charge >= 0.3 is 0 Å². The van der Waals surface area contributed by atoms with Gasteiger partial charge in [-0.25, -0.2) is 9.97 Å². The number of fused-ring (bicyclic) bond motifs is 1. The third-order valence-electron chi connectivity index (χ3n) is 9.53. The second kappa shape index (κ2) is 14.1. The van der Waals surface area contributed by atoms with E-state index in [4.69, 9.17) is 32.9 Å². The van der Waals surface area contributed by atoms with Crippen molar-refractivity contribution in [2.24, 2.45) is 0 Å². The lowest BCUT2D eigenvalue weighted by Gasteiger charge is -2.41. The average Bonchev–Trinajstić information content (AvgIpc) is 3.52. The molecule has 1 aliphatic heterocycles. The molecule has 12 heteroatoms. The number of carbonyl (C=O) groups excluding carboxylic acids is 1. The van der Waals surface area contributed by atoms with E-state index in [-0.39, 0.29) is 23.6 Å². The molecule has 3 aromatic heterocycles. The Labute approximate surface area is 299 Å². The lowest BCUT2D eigenvalue weighted by Crippen LogP contribution is -2.51. The summed E-state index contributed by atoms with van der Waals surface area (Å²) < 4.78 is 7.17. The van der Waals surface area contributed by atoms with Crippen LogP contribution in [0.5, 0.6) is 5.88 Å². The van der Waals surface area contributed by atoms with Crippen molar-refractivity contribution >= 4 is 34.8 Å². The minimum absolute atomic E-state index is 0.0626. The SMILES string of the molecule is COc1nc(-c2cccc(-c3cccc(-c4ccn5c(=O)c(CNC[C@@H]6CCC(=O)N6)cnc5c4)c3Cl)c2Cl)ccc1CNC1CC(C)(O)C1. The number of pyridine rings is 2. The van der Waals surface area contributed by atoms with Gasteiger partial charge in [0.15, 0.2) is 0 Å². The highest BCUT2D eigenvalue weighted by Gasteiger charge is 2.38. The van der Waals surface area contributed by atoms with Crippen LogP contribution in [0.1, 0.15) is 43.7 Å². The number of rotatable bonds is 11. The lowest BCUT2D eigenvalue weighted by atomic mass is 9.77. The first-order valence-corrected chi connectivity index (χ1v) is 17.4. The van der Waals surface area contributed by atoms with E-state index >= 15 is 0 Å². The highest BCUT2D eigenvalue weighted by molar-refractivity contribution is 6.39. The summed E-state index contributed by atoms with van der Waals surface area (Å²) in [6.45, 7) is 3.38. The van der Waals surface area contributed by atoms with Gasteiger partial charge in [-0.1, -0.05) is 65.7 Å². The number of halogens is 2. The molecule has 2 aliphatic rings. The van der Waals surface area contributed by atoms with Gasteiger partial charge in [-0.2, -0.15) is 0 Å². The number of nitrogens with one attached hydrogen (secondary N) is 3. The van der Waals surface area contributed by atoms with Crippen molar-refractivity contribution in [1.29, 1.82) is 0 Å². The quantitative estimate of drug-likeness (QED) is 0.136. The van der Waals surface area contributed by atoms with E-state index in [2.05, 4.69) is 20.9 Å². The topological polar surface area (TPSA) is 130 Å². The molecule has 1 amide bonds. The fourth-order valence-corrected chi connectivity index (χ4v) is 7.51. The zero-order chi connectivity index (χ0) is 35.0. The summed E-state index contributed by atoms with van der Waals surface area (Å²) in [5.41, 5.74) is 5.70. The predicted molar refractivity (Wildman–Crippen MR) is 195 cm³/mol. The Morgan fingerprint density at radius 2 is 1.70 bits per heavy atom. The van der Waals surface area contributed by atoms with Crippen LogP contribution < -0.4 is 26.2 Å². The Kier molecular flexibility index (Phi) is 9.65. The summed E-state index contributed by atoms with van der Waals surface area (Å²) in [6, 6.07) is 19.5. The van der Waals surface area contributed by atoms with Crippen molar-refractivity contribution in [2.75, 3.05) is 13.7 Å². The number of ether oxygens (including phenoxy) is 1. The van der Waals surface area contributed by atoms with Gasteiger partial charge in [0.2, 0.25) is 11.8 Å². The van der Waals surface area contributed by atoms with Crippen LogP contribution in [0.4, 0.5) is 0 Å². The third-order valence-corrected chi connectivity index (χ3v) is 10.3. The van der Waals surface area contributed by atoms with Crippen LogP contribution in [-0.2, 0) is 17.9 Å². The Morgan fingerprint density at radius 1 is 0.980 bits per heavy atom. The third kappa shape index (κ3) is 6.99. The molecule has 1 saturated heterocycles. The number of amides is 1. The lowest BCUT2D eigenvalue weighted by molar-refractivity contribution is -0.119. The standard InChI is InChI=1S/C38H38Cl2N6O4/c1-38(49)16-26(17-38)42-19-23-9-11-31(45-36(23)50-2)30-8-4-7-29(35(30)40)28-6-3-5-27(34(28)39)22-13-14-46-32(15-22)43-20-24(37(46)48)18-41-21-25-10-12-33(47)44-25/h3-9,11,13-15,20,25-26,41-42,49H,10,12,16-19,21H2,1-2H3,(H,44,47)/t25-,26?,38?/m0/s1.